The molecular formula is C22H23ClN6O. The van der Waals surface area contributed by atoms with Crippen molar-refractivity contribution in [1.82, 2.24) is 19.2 Å². The predicted molar refractivity (Wildman–Crippen MR) is 118 cm³/mol. The summed E-state index contributed by atoms with van der Waals surface area (Å²) in [5, 5.41) is 6.20. The third-order valence-corrected chi connectivity index (χ3v) is 6.30. The molecule has 0 radical (unpaired) electrons. The molecule has 4 aromatic rings. The van der Waals surface area contributed by atoms with Crippen molar-refractivity contribution in [2.24, 2.45) is 5.73 Å². The summed E-state index contributed by atoms with van der Waals surface area (Å²) in [5.41, 5.74) is 9.77. The SMILES string of the molecule is Cc1cn2cc(N3CCC(n4ncc5cccc(C(N)=O)c54)CC3C)cc(Cl)c2n1. The summed E-state index contributed by atoms with van der Waals surface area (Å²) >= 11 is 6.50. The van der Waals surface area contributed by atoms with Crippen LogP contribution in [-0.4, -0.2) is 37.7 Å². The maximum atomic E-state index is 11.9. The first-order valence-corrected chi connectivity index (χ1v) is 10.5. The summed E-state index contributed by atoms with van der Waals surface area (Å²) in [5.74, 6) is -0.425. The normalized spacial score (nSPS) is 19.6. The van der Waals surface area contributed by atoms with Crippen molar-refractivity contribution in [2.75, 3.05) is 11.4 Å². The molecule has 1 fully saturated rings. The van der Waals surface area contributed by atoms with Gasteiger partial charge in [0, 0.05) is 30.4 Å². The van der Waals surface area contributed by atoms with Crippen molar-refractivity contribution in [2.45, 2.75) is 38.8 Å². The summed E-state index contributed by atoms with van der Waals surface area (Å²) in [6, 6.07) is 8.05. The van der Waals surface area contributed by atoms with Crippen molar-refractivity contribution in [3.05, 3.63) is 59.1 Å². The summed E-state index contributed by atoms with van der Waals surface area (Å²) in [4.78, 5) is 18.8. The van der Waals surface area contributed by atoms with Crippen LogP contribution in [0.25, 0.3) is 16.6 Å². The van der Waals surface area contributed by atoms with Crippen molar-refractivity contribution < 1.29 is 4.79 Å². The molecule has 30 heavy (non-hydrogen) atoms. The third-order valence-electron chi connectivity index (χ3n) is 6.02. The first-order valence-electron chi connectivity index (χ1n) is 10.1. The van der Waals surface area contributed by atoms with Crippen molar-refractivity contribution >= 4 is 39.7 Å². The van der Waals surface area contributed by atoms with Gasteiger partial charge >= 0.3 is 0 Å². The number of anilines is 1. The molecule has 5 rings (SSSR count). The molecule has 0 aliphatic carbocycles. The molecule has 1 aliphatic rings. The summed E-state index contributed by atoms with van der Waals surface area (Å²) in [7, 11) is 0. The second-order valence-electron chi connectivity index (χ2n) is 8.08. The fourth-order valence-electron chi connectivity index (χ4n) is 4.65. The van der Waals surface area contributed by atoms with Gasteiger partial charge < -0.3 is 15.0 Å². The highest BCUT2D eigenvalue weighted by molar-refractivity contribution is 6.33. The highest BCUT2D eigenvalue weighted by Crippen LogP contribution is 2.34. The quantitative estimate of drug-likeness (QED) is 0.541. The van der Waals surface area contributed by atoms with Gasteiger partial charge in [0.2, 0.25) is 0 Å². The van der Waals surface area contributed by atoms with Crippen LogP contribution < -0.4 is 10.6 Å². The molecule has 3 aromatic heterocycles. The molecule has 1 saturated heterocycles. The van der Waals surface area contributed by atoms with Crippen LogP contribution in [0.15, 0.2) is 42.9 Å². The second-order valence-corrected chi connectivity index (χ2v) is 8.48. The molecule has 154 valence electrons. The minimum atomic E-state index is -0.425. The van der Waals surface area contributed by atoms with Crippen LogP contribution in [-0.2, 0) is 0 Å². The Bertz CT molecular complexity index is 1280. The number of benzene rings is 1. The maximum Gasteiger partial charge on any atom is 0.250 e. The van der Waals surface area contributed by atoms with E-state index in [1.807, 2.05) is 46.6 Å². The Morgan fingerprint density at radius 3 is 2.90 bits per heavy atom. The molecule has 0 spiro atoms. The number of fused-ring (bicyclic) bond motifs is 2. The number of amides is 1. The van der Waals surface area contributed by atoms with Gasteiger partial charge in [0.05, 0.1) is 39.7 Å². The number of nitrogens with zero attached hydrogens (tertiary/aromatic N) is 5. The third kappa shape index (κ3) is 3.01. The zero-order valence-corrected chi connectivity index (χ0v) is 17.7. The fourth-order valence-corrected chi connectivity index (χ4v) is 4.91. The standard InChI is InChI=1S/C22H23ClN6O/c1-13-11-27-12-17(9-19(23)22(27)26-13)28-7-6-16(8-14(28)2)29-20-15(10-25-29)4-3-5-18(20)21(24)30/h3-5,9-12,14,16H,6-8H2,1-2H3,(H2,24,30). The van der Waals surface area contributed by atoms with Gasteiger partial charge in [-0.15, -0.1) is 0 Å². The first kappa shape index (κ1) is 18.9. The van der Waals surface area contributed by atoms with Gasteiger partial charge in [0.25, 0.3) is 5.91 Å². The maximum absolute atomic E-state index is 11.9. The van der Waals surface area contributed by atoms with Crippen LogP contribution in [0, 0.1) is 6.92 Å². The van der Waals surface area contributed by atoms with Gasteiger partial charge in [0.15, 0.2) is 5.65 Å². The topological polar surface area (TPSA) is 81.5 Å². The van der Waals surface area contributed by atoms with Crippen LogP contribution in [0.5, 0.6) is 0 Å². The van der Waals surface area contributed by atoms with Crippen molar-refractivity contribution in [3.63, 3.8) is 0 Å². The molecular weight excluding hydrogens is 400 g/mol. The lowest BCUT2D eigenvalue weighted by molar-refractivity contribution is 0.100. The number of hydrogen-bond acceptors (Lipinski definition) is 4. The van der Waals surface area contributed by atoms with E-state index in [1.54, 1.807) is 6.07 Å². The number of rotatable bonds is 3. The Balaban J connectivity index is 1.46. The Hall–Kier alpha value is -3.06. The van der Waals surface area contributed by atoms with Crippen molar-refractivity contribution in [1.29, 1.82) is 0 Å². The zero-order valence-electron chi connectivity index (χ0n) is 16.9. The molecule has 7 nitrogen and oxygen atoms in total. The van der Waals surface area contributed by atoms with Crippen LogP contribution in [0.1, 0.15) is 41.9 Å². The number of imidazole rings is 1. The van der Waals surface area contributed by atoms with Gasteiger partial charge in [-0.2, -0.15) is 5.10 Å². The average molecular weight is 423 g/mol. The zero-order chi connectivity index (χ0) is 21.0. The number of piperidine rings is 1. The van der Waals surface area contributed by atoms with E-state index in [9.17, 15) is 4.79 Å². The van der Waals surface area contributed by atoms with E-state index in [0.29, 0.717) is 10.6 Å². The number of halogens is 1. The van der Waals surface area contributed by atoms with E-state index < -0.39 is 5.91 Å². The van der Waals surface area contributed by atoms with Gasteiger partial charge in [0.1, 0.15) is 0 Å². The van der Waals surface area contributed by atoms with E-state index in [4.69, 9.17) is 17.3 Å². The van der Waals surface area contributed by atoms with Gasteiger partial charge in [-0.05, 0) is 38.8 Å². The Labute approximate surface area is 179 Å². The highest BCUT2D eigenvalue weighted by atomic mass is 35.5. The molecule has 1 aromatic carbocycles. The lowest BCUT2D eigenvalue weighted by Crippen LogP contribution is -2.41. The summed E-state index contributed by atoms with van der Waals surface area (Å²) in [6.07, 6.45) is 7.71. The molecule has 2 N–H and O–H groups in total. The van der Waals surface area contributed by atoms with Crippen LogP contribution in [0.2, 0.25) is 5.02 Å². The number of aryl methyl sites for hydroxylation is 1. The predicted octanol–water partition coefficient (Wildman–Crippen LogP) is 3.97. The van der Waals surface area contributed by atoms with Crippen LogP contribution in [0.4, 0.5) is 5.69 Å². The lowest BCUT2D eigenvalue weighted by atomic mass is 9.97. The Morgan fingerprint density at radius 1 is 1.30 bits per heavy atom. The van der Waals surface area contributed by atoms with E-state index in [-0.39, 0.29) is 12.1 Å². The summed E-state index contributed by atoms with van der Waals surface area (Å²) in [6.45, 7) is 5.04. The lowest BCUT2D eigenvalue weighted by Gasteiger charge is -2.39. The second kappa shape index (κ2) is 7.02. The van der Waals surface area contributed by atoms with E-state index in [1.165, 1.54) is 0 Å². The number of para-hydroxylation sites is 1. The van der Waals surface area contributed by atoms with Crippen LogP contribution >= 0.6 is 11.6 Å². The Morgan fingerprint density at radius 2 is 2.13 bits per heavy atom. The monoisotopic (exact) mass is 422 g/mol. The molecule has 0 bridgehead atoms. The molecule has 2 unspecified atom stereocenters. The van der Waals surface area contributed by atoms with Gasteiger partial charge in [-0.1, -0.05) is 23.7 Å². The fraction of sp³-hybridized carbons (Fsp3) is 0.318. The number of primary amides is 1. The molecule has 4 heterocycles. The number of carbonyl (C=O) groups excluding carboxylic acids is 1. The van der Waals surface area contributed by atoms with E-state index in [2.05, 4.69) is 28.1 Å². The van der Waals surface area contributed by atoms with E-state index >= 15 is 0 Å². The minimum Gasteiger partial charge on any atom is -0.367 e. The molecule has 1 aliphatic heterocycles. The molecule has 1 amide bonds. The number of pyridine rings is 1. The Kier molecular flexibility index (Phi) is 4.43. The number of nitrogens with two attached hydrogens (primary N) is 1. The molecule has 0 saturated carbocycles. The van der Waals surface area contributed by atoms with Crippen LogP contribution in [0.3, 0.4) is 0 Å². The molecule has 2 atom stereocenters. The number of hydrogen-bond donors (Lipinski definition) is 1. The molecule has 8 heteroatoms. The number of aromatic nitrogens is 4. The van der Waals surface area contributed by atoms with Gasteiger partial charge in [-0.25, -0.2) is 4.98 Å². The van der Waals surface area contributed by atoms with Crippen molar-refractivity contribution in [3.8, 4) is 0 Å². The summed E-state index contributed by atoms with van der Waals surface area (Å²) < 4.78 is 3.98. The average Bonchev–Trinajstić information content (AvgIpc) is 3.30. The van der Waals surface area contributed by atoms with E-state index in [0.717, 1.165) is 47.3 Å². The number of carbonyl (C=O) groups is 1. The minimum absolute atomic E-state index is 0.198. The highest BCUT2D eigenvalue weighted by Gasteiger charge is 2.29. The largest absolute Gasteiger partial charge is 0.367 e. The first-order chi connectivity index (χ1) is 14.4. The smallest absolute Gasteiger partial charge is 0.250 e. The van der Waals surface area contributed by atoms with Gasteiger partial charge in [-0.3, -0.25) is 9.48 Å².